The number of amides is 1. The summed E-state index contributed by atoms with van der Waals surface area (Å²) in [5.41, 5.74) is 2.18. The fourth-order valence-corrected chi connectivity index (χ4v) is 3.37. The molecule has 0 aliphatic rings. The Morgan fingerprint density at radius 1 is 1.21 bits per heavy atom. The third-order valence-corrected chi connectivity index (χ3v) is 5.01. The largest absolute Gasteiger partial charge is 0.497 e. The Bertz CT molecular complexity index is 927. The molecule has 0 radical (unpaired) electrons. The van der Waals surface area contributed by atoms with Crippen molar-refractivity contribution in [3.8, 4) is 5.75 Å². The van der Waals surface area contributed by atoms with Crippen LogP contribution in [0.2, 0.25) is 0 Å². The second kappa shape index (κ2) is 9.38. The number of aliphatic hydroxyl groups is 1. The molecule has 0 saturated heterocycles. The summed E-state index contributed by atoms with van der Waals surface area (Å²) in [5.74, 6) is 0.405. The zero-order valence-corrected chi connectivity index (χ0v) is 16.1. The van der Waals surface area contributed by atoms with Crippen LogP contribution in [0.1, 0.15) is 11.3 Å². The van der Waals surface area contributed by atoms with Crippen LogP contribution in [0, 0.1) is 5.82 Å². The number of hydrogen-bond acceptors (Lipinski definition) is 5. The zero-order chi connectivity index (χ0) is 19.9. The summed E-state index contributed by atoms with van der Waals surface area (Å²) >= 11 is 1.27. The first-order chi connectivity index (χ1) is 13.6. The van der Waals surface area contributed by atoms with Crippen molar-refractivity contribution in [1.29, 1.82) is 0 Å². The second-order valence-corrected chi connectivity index (χ2v) is 6.91. The summed E-state index contributed by atoms with van der Waals surface area (Å²) in [5, 5.41) is 13.0. The number of ether oxygens (including phenoxy) is 1. The highest BCUT2D eigenvalue weighted by Gasteiger charge is 2.13. The lowest BCUT2D eigenvalue weighted by atomic mass is 10.2. The van der Waals surface area contributed by atoms with Gasteiger partial charge in [0.1, 0.15) is 11.6 Å². The van der Waals surface area contributed by atoms with Crippen molar-refractivity contribution in [3.05, 3.63) is 71.8 Å². The van der Waals surface area contributed by atoms with Crippen LogP contribution < -0.4 is 10.1 Å². The monoisotopic (exact) mass is 401 g/mol. The Morgan fingerprint density at radius 2 is 1.93 bits per heavy atom. The predicted octanol–water partition coefficient (Wildman–Crippen LogP) is 3.30. The fourth-order valence-electron chi connectivity index (χ4n) is 2.58. The van der Waals surface area contributed by atoms with Crippen LogP contribution in [0.3, 0.4) is 0 Å². The minimum atomic E-state index is -0.304. The Kier molecular flexibility index (Phi) is 6.67. The Hall–Kier alpha value is -2.84. The van der Waals surface area contributed by atoms with E-state index in [0.717, 1.165) is 5.56 Å². The summed E-state index contributed by atoms with van der Waals surface area (Å²) in [6.07, 6.45) is 1.58. The van der Waals surface area contributed by atoms with Crippen LogP contribution in [0.4, 0.5) is 10.1 Å². The fraction of sp³-hybridized carbons (Fsp3) is 0.200. The third kappa shape index (κ3) is 5.11. The molecule has 0 spiro atoms. The van der Waals surface area contributed by atoms with Crippen molar-refractivity contribution in [3.63, 3.8) is 0 Å². The number of aromatic nitrogens is 2. The van der Waals surface area contributed by atoms with Crippen LogP contribution in [-0.4, -0.2) is 33.4 Å². The quantitative estimate of drug-likeness (QED) is 0.567. The van der Waals surface area contributed by atoms with Crippen LogP contribution >= 0.6 is 11.8 Å². The van der Waals surface area contributed by atoms with E-state index in [1.807, 2.05) is 4.57 Å². The van der Waals surface area contributed by atoms with Gasteiger partial charge in [0.15, 0.2) is 5.16 Å². The van der Waals surface area contributed by atoms with Gasteiger partial charge in [-0.15, -0.1) is 0 Å². The number of thioether (sulfide) groups is 1. The average Bonchev–Trinajstić information content (AvgIpc) is 3.10. The minimum Gasteiger partial charge on any atom is -0.497 e. The van der Waals surface area contributed by atoms with Gasteiger partial charge in [0.25, 0.3) is 0 Å². The number of methoxy groups -OCH3 is 1. The minimum absolute atomic E-state index is 0.164. The molecule has 0 aliphatic carbocycles. The number of halogens is 1. The molecule has 8 heteroatoms. The maximum Gasteiger partial charge on any atom is 0.234 e. The lowest BCUT2D eigenvalue weighted by Gasteiger charge is -2.11. The highest BCUT2D eigenvalue weighted by Crippen LogP contribution is 2.21. The maximum atomic E-state index is 13.1. The molecule has 3 aromatic rings. The van der Waals surface area contributed by atoms with Crippen molar-refractivity contribution in [2.45, 2.75) is 18.3 Å². The number of imidazole rings is 1. The molecule has 0 bridgehead atoms. The number of carbonyl (C=O) groups is 1. The van der Waals surface area contributed by atoms with E-state index in [1.54, 1.807) is 49.7 Å². The lowest BCUT2D eigenvalue weighted by molar-refractivity contribution is -0.113. The average molecular weight is 401 g/mol. The topological polar surface area (TPSA) is 76.4 Å². The van der Waals surface area contributed by atoms with E-state index >= 15 is 0 Å². The molecular weight excluding hydrogens is 381 g/mol. The van der Waals surface area contributed by atoms with E-state index in [0.29, 0.717) is 28.8 Å². The van der Waals surface area contributed by atoms with Gasteiger partial charge in [-0.05, 0) is 42.0 Å². The lowest BCUT2D eigenvalue weighted by Crippen LogP contribution is -2.15. The molecule has 2 N–H and O–H groups in total. The summed E-state index contributed by atoms with van der Waals surface area (Å²) in [6.45, 7) is 0.255. The van der Waals surface area contributed by atoms with Crippen molar-refractivity contribution < 1.29 is 19.0 Å². The first-order valence-electron chi connectivity index (χ1n) is 8.55. The van der Waals surface area contributed by atoms with Crippen LogP contribution in [0.25, 0.3) is 0 Å². The molecule has 3 rings (SSSR count). The number of nitrogens with zero attached hydrogens (tertiary/aromatic N) is 2. The van der Waals surface area contributed by atoms with Crippen molar-refractivity contribution >= 4 is 23.4 Å². The van der Waals surface area contributed by atoms with E-state index in [4.69, 9.17) is 4.74 Å². The number of anilines is 1. The molecule has 1 amide bonds. The molecule has 2 aromatic carbocycles. The second-order valence-electron chi connectivity index (χ2n) is 5.97. The molecule has 0 saturated carbocycles. The standard InChI is InChI=1S/C20H20FN3O3S/c1-27-18-8-6-16(7-9-18)23-19(26)13-28-20-22-10-17(12-25)24(20)11-14-2-4-15(21)5-3-14/h2-10,25H,11-13H2,1H3,(H,23,26). The highest BCUT2D eigenvalue weighted by atomic mass is 32.2. The van der Waals surface area contributed by atoms with Crippen molar-refractivity contribution in [2.24, 2.45) is 0 Å². The normalized spacial score (nSPS) is 10.7. The first-order valence-corrected chi connectivity index (χ1v) is 9.54. The van der Waals surface area contributed by atoms with Crippen LogP contribution in [0.5, 0.6) is 5.75 Å². The molecular formula is C20H20FN3O3S. The molecule has 0 aliphatic heterocycles. The molecule has 1 heterocycles. The Morgan fingerprint density at radius 3 is 2.57 bits per heavy atom. The summed E-state index contributed by atoms with van der Waals surface area (Å²) in [7, 11) is 1.58. The van der Waals surface area contributed by atoms with E-state index in [9.17, 15) is 14.3 Å². The molecule has 146 valence electrons. The summed E-state index contributed by atoms with van der Waals surface area (Å²) < 4.78 is 20.0. The smallest absolute Gasteiger partial charge is 0.234 e. The van der Waals surface area contributed by atoms with Crippen molar-refractivity contribution in [1.82, 2.24) is 9.55 Å². The molecule has 6 nitrogen and oxygen atoms in total. The molecule has 0 fully saturated rings. The van der Waals surface area contributed by atoms with Gasteiger partial charge in [0, 0.05) is 12.2 Å². The highest BCUT2D eigenvalue weighted by molar-refractivity contribution is 7.99. The number of hydrogen-bond donors (Lipinski definition) is 2. The van der Waals surface area contributed by atoms with Crippen LogP contribution in [0.15, 0.2) is 59.9 Å². The van der Waals surface area contributed by atoms with E-state index in [1.165, 1.54) is 23.9 Å². The van der Waals surface area contributed by atoms with Gasteiger partial charge in [-0.3, -0.25) is 4.79 Å². The zero-order valence-electron chi connectivity index (χ0n) is 15.3. The van der Waals surface area contributed by atoms with Gasteiger partial charge in [-0.1, -0.05) is 23.9 Å². The first kappa shape index (κ1) is 19.9. The van der Waals surface area contributed by atoms with Gasteiger partial charge in [0.05, 0.1) is 31.4 Å². The summed E-state index contributed by atoms with van der Waals surface area (Å²) in [6, 6.07) is 13.2. The molecule has 0 atom stereocenters. The molecule has 1 aromatic heterocycles. The van der Waals surface area contributed by atoms with Gasteiger partial charge in [0.2, 0.25) is 5.91 Å². The number of carbonyl (C=O) groups excluding carboxylic acids is 1. The number of aliphatic hydroxyl groups excluding tert-OH is 1. The van der Waals surface area contributed by atoms with Gasteiger partial charge in [-0.2, -0.15) is 0 Å². The number of benzene rings is 2. The van der Waals surface area contributed by atoms with E-state index < -0.39 is 0 Å². The Balaban J connectivity index is 1.64. The summed E-state index contributed by atoms with van der Waals surface area (Å²) in [4.78, 5) is 16.5. The number of nitrogens with one attached hydrogen (secondary N) is 1. The predicted molar refractivity (Wildman–Crippen MR) is 106 cm³/mol. The van der Waals surface area contributed by atoms with E-state index in [2.05, 4.69) is 10.3 Å². The molecule has 28 heavy (non-hydrogen) atoms. The third-order valence-electron chi connectivity index (χ3n) is 4.02. The number of rotatable bonds is 8. The maximum absolute atomic E-state index is 13.1. The van der Waals surface area contributed by atoms with Crippen molar-refractivity contribution in [2.75, 3.05) is 18.2 Å². The van der Waals surface area contributed by atoms with Gasteiger partial charge >= 0.3 is 0 Å². The van der Waals surface area contributed by atoms with Crippen LogP contribution in [-0.2, 0) is 17.9 Å². The van der Waals surface area contributed by atoms with Gasteiger partial charge < -0.3 is 19.7 Å². The molecule has 0 unspecified atom stereocenters. The SMILES string of the molecule is COc1ccc(NC(=O)CSc2ncc(CO)n2Cc2ccc(F)cc2)cc1. The Labute approximate surface area is 166 Å². The van der Waals surface area contributed by atoms with E-state index in [-0.39, 0.29) is 24.1 Å². The van der Waals surface area contributed by atoms with Gasteiger partial charge in [-0.25, -0.2) is 9.37 Å².